The van der Waals surface area contributed by atoms with Crippen molar-refractivity contribution >= 4 is 29.3 Å². The summed E-state index contributed by atoms with van der Waals surface area (Å²) in [5.74, 6) is -0.189. The van der Waals surface area contributed by atoms with E-state index in [0.29, 0.717) is 10.8 Å². The van der Waals surface area contributed by atoms with Gasteiger partial charge in [-0.05, 0) is 80.9 Å². The molecule has 0 atom stereocenters. The van der Waals surface area contributed by atoms with E-state index in [0.717, 1.165) is 22.6 Å². The van der Waals surface area contributed by atoms with Crippen LogP contribution in [0.25, 0.3) is 11.8 Å². The third-order valence-electron chi connectivity index (χ3n) is 3.95. The van der Waals surface area contributed by atoms with E-state index >= 15 is 0 Å². The largest absolute Gasteiger partial charge is 0.328 e. The van der Waals surface area contributed by atoms with Crippen LogP contribution < -0.4 is 10.6 Å². The van der Waals surface area contributed by atoms with Crippen LogP contribution in [0, 0.1) is 27.7 Å². The number of thiocarbonyl (C=S) groups is 1. The SMILES string of the molecule is Cc1cc(C)cc(-n2c(C)cc(/C=C3/NC(=S)NC3=O)c2C)c1. The lowest BCUT2D eigenvalue weighted by atomic mass is 10.1. The molecule has 0 spiro atoms. The van der Waals surface area contributed by atoms with Gasteiger partial charge in [-0.3, -0.25) is 10.1 Å². The normalized spacial score (nSPS) is 15.9. The first kappa shape index (κ1) is 15.5. The van der Waals surface area contributed by atoms with Crippen molar-refractivity contribution in [2.45, 2.75) is 27.7 Å². The minimum Gasteiger partial charge on any atom is -0.328 e. The number of hydrogen-bond acceptors (Lipinski definition) is 2. The predicted molar refractivity (Wildman–Crippen MR) is 96.6 cm³/mol. The van der Waals surface area contributed by atoms with Crippen LogP contribution >= 0.6 is 12.2 Å². The second kappa shape index (κ2) is 5.66. The van der Waals surface area contributed by atoms with Crippen LogP contribution in [0.5, 0.6) is 0 Å². The lowest BCUT2D eigenvalue weighted by molar-refractivity contribution is -0.115. The maximum atomic E-state index is 11.8. The van der Waals surface area contributed by atoms with Gasteiger partial charge in [-0.2, -0.15) is 0 Å². The van der Waals surface area contributed by atoms with Gasteiger partial charge >= 0.3 is 0 Å². The van der Waals surface area contributed by atoms with Crippen LogP contribution in [0.2, 0.25) is 0 Å². The van der Waals surface area contributed by atoms with Crippen LogP contribution in [0.4, 0.5) is 0 Å². The second-order valence-electron chi connectivity index (χ2n) is 5.97. The zero-order valence-corrected chi connectivity index (χ0v) is 14.5. The second-order valence-corrected chi connectivity index (χ2v) is 6.38. The summed E-state index contributed by atoms with van der Waals surface area (Å²) >= 11 is 4.97. The average molecular weight is 325 g/mol. The summed E-state index contributed by atoms with van der Waals surface area (Å²) in [6.45, 7) is 8.32. The molecule has 5 heteroatoms. The van der Waals surface area contributed by atoms with E-state index in [4.69, 9.17) is 12.2 Å². The minimum absolute atomic E-state index is 0.189. The van der Waals surface area contributed by atoms with E-state index in [9.17, 15) is 4.79 Å². The van der Waals surface area contributed by atoms with Gasteiger partial charge in [-0.25, -0.2) is 0 Å². The molecule has 3 rings (SSSR count). The van der Waals surface area contributed by atoms with Gasteiger partial charge in [0.05, 0.1) is 0 Å². The van der Waals surface area contributed by atoms with E-state index in [2.05, 4.69) is 67.2 Å². The molecule has 0 bridgehead atoms. The molecule has 0 saturated carbocycles. The number of rotatable bonds is 2. The van der Waals surface area contributed by atoms with Crippen molar-refractivity contribution in [2.24, 2.45) is 0 Å². The Morgan fingerprint density at radius 3 is 2.22 bits per heavy atom. The highest BCUT2D eigenvalue weighted by Gasteiger charge is 2.21. The van der Waals surface area contributed by atoms with Crippen molar-refractivity contribution < 1.29 is 4.79 Å². The highest BCUT2D eigenvalue weighted by atomic mass is 32.1. The Balaban J connectivity index is 2.08. The number of benzene rings is 1. The number of hydrogen-bond donors (Lipinski definition) is 2. The summed E-state index contributed by atoms with van der Waals surface area (Å²) < 4.78 is 2.21. The number of carbonyl (C=O) groups excluding carboxylic acids is 1. The van der Waals surface area contributed by atoms with Gasteiger partial charge in [0, 0.05) is 17.1 Å². The Hall–Kier alpha value is -2.40. The zero-order valence-electron chi connectivity index (χ0n) is 13.7. The molecular weight excluding hydrogens is 306 g/mol. The zero-order chi connectivity index (χ0) is 16.7. The van der Waals surface area contributed by atoms with Gasteiger partial charge in [-0.15, -0.1) is 0 Å². The topological polar surface area (TPSA) is 46.1 Å². The van der Waals surface area contributed by atoms with E-state index in [1.54, 1.807) is 0 Å². The molecule has 2 heterocycles. The monoisotopic (exact) mass is 325 g/mol. The minimum atomic E-state index is -0.189. The highest BCUT2D eigenvalue weighted by molar-refractivity contribution is 7.80. The fourth-order valence-corrected chi connectivity index (χ4v) is 3.25. The summed E-state index contributed by atoms with van der Waals surface area (Å²) in [7, 11) is 0. The van der Waals surface area contributed by atoms with Crippen molar-refractivity contribution in [2.75, 3.05) is 0 Å². The lowest BCUT2D eigenvalue weighted by Gasteiger charge is -2.12. The molecule has 1 aliphatic rings. The van der Waals surface area contributed by atoms with E-state index in [1.165, 1.54) is 11.1 Å². The number of carbonyl (C=O) groups is 1. The van der Waals surface area contributed by atoms with E-state index < -0.39 is 0 Å². The average Bonchev–Trinajstić information content (AvgIpc) is 2.88. The van der Waals surface area contributed by atoms with Gasteiger partial charge in [0.1, 0.15) is 5.70 Å². The molecule has 0 aliphatic carbocycles. The van der Waals surface area contributed by atoms with Crippen LogP contribution in [-0.2, 0) is 4.79 Å². The summed E-state index contributed by atoms with van der Waals surface area (Å²) in [6.07, 6.45) is 1.84. The van der Waals surface area contributed by atoms with Crippen LogP contribution in [0.1, 0.15) is 28.1 Å². The fraction of sp³-hybridized carbons (Fsp3) is 0.222. The molecule has 1 saturated heterocycles. The Morgan fingerprint density at radius 2 is 1.65 bits per heavy atom. The molecule has 2 N–H and O–H groups in total. The number of nitrogens with zero attached hydrogens (tertiary/aromatic N) is 1. The number of amides is 1. The van der Waals surface area contributed by atoms with Crippen molar-refractivity contribution in [3.63, 3.8) is 0 Å². The number of nitrogens with one attached hydrogen (secondary N) is 2. The third-order valence-corrected chi connectivity index (χ3v) is 4.16. The summed E-state index contributed by atoms with van der Waals surface area (Å²) in [5, 5.41) is 5.82. The Bertz CT molecular complexity index is 841. The van der Waals surface area contributed by atoms with Crippen LogP contribution in [-0.4, -0.2) is 15.6 Å². The maximum absolute atomic E-state index is 11.8. The van der Waals surface area contributed by atoms with Gasteiger partial charge < -0.3 is 9.88 Å². The van der Waals surface area contributed by atoms with Gasteiger partial charge in [0.2, 0.25) is 0 Å². The number of aromatic nitrogens is 1. The van der Waals surface area contributed by atoms with Crippen molar-refractivity contribution in [3.8, 4) is 5.69 Å². The van der Waals surface area contributed by atoms with Gasteiger partial charge in [-0.1, -0.05) is 6.07 Å². The van der Waals surface area contributed by atoms with Crippen LogP contribution in [0.15, 0.2) is 30.0 Å². The van der Waals surface area contributed by atoms with Crippen molar-refractivity contribution in [1.29, 1.82) is 0 Å². The van der Waals surface area contributed by atoms with E-state index in [-0.39, 0.29) is 5.91 Å². The Labute approximate surface area is 141 Å². The maximum Gasteiger partial charge on any atom is 0.273 e. The smallest absolute Gasteiger partial charge is 0.273 e. The standard InChI is InChI=1S/C18H19N3OS/c1-10-5-11(2)7-15(6-10)21-12(3)8-14(13(21)4)9-16-17(22)20-18(23)19-16/h5-9H,1-4H3,(H2,19,20,22,23)/b16-9+. The molecule has 1 amide bonds. The van der Waals surface area contributed by atoms with Crippen LogP contribution in [0.3, 0.4) is 0 Å². The number of aryl methyl sites for hydroxylation is 3. The molecule has 1 aromatic carbocycles. The summed E-state index contributed by atoms with van der Waals surface area (Å²) in [6, 6.07) is 8.57. The van der Waals surface area contributed by atoms with Crippen molar-refractivity contribution in [1.82, 2.24) is 15.2 Å². The molecule has 1 fully saturated rings. The Kier molecular flexibility index (Phi) is 3.82. The van der Waals surface area contributed by atoms with Crippen molar-refractivity contribution in [3.05, 3.63) is 58.0 Å². The molecule has 2 aromatic rings. The predicted octanol–water partition coefficient (Wildman–Crippen LogP) is 3.06. The summed E-state index contributed by atoms with van der Waals surface area (Å²) in [4.78, 5) is 11.8. The summed E-state index contributed by atoms with van der Waals surface area (Å²) in [5.41, 5.74) is 7.30. The van der Waals surface area contributed by atoms with E-state index in [1.807, 2.05) is 6.08 Å². The fourth-order valence-electron chi connectivity index (χ4n) is 3.05. The molecule has 1 aliphatic heterocycles. The first-order valence-corrected chi connectivity index (χ1v) is 7.87. The van der Waals surface area contributed by atoms with Gasteiger partial charge in [0.25, 0.3) is 5.91 Å². The molecular formula is C18H19N3OS. The lowest BCUT2D eigenvalue weighted by Crippen LogP contribution is -2.21. The van der Waals surface area contributed by atoms with Gasteiger partial charge in [0.15, 0.2) is 5.11 Å². The third kappa shape index (κ3) is 2.92. The molecule has 0 radical (unpaired) electrons. The highest BCUT2D eigenvalue weighted by Crippen LogP contribution is 2.24. The first-order valence-electron chi connectivity index (χ1n) is 7.47. The molecule has 1 aromatic heterocycles. The first-order chi connectivity index (χ1) is 10.8. The quantitative estimate of drug-likeness (QED) is 0.659. The molecule has 4 nitrogen and oxygen atoms in total. The molecule has 118 valence electrons. The molecule has 0 unspecified atom stereocenters. The molecule has 23 heavy (non-hydrogen) atoms. The Morgan fingerprint density at radius 1 is 1.00 bits per heavy atom.